The van der Waals surface area contributed by atoms with E-state index in [1.165, 1.54) is 32.1 Å². The normalized spacial score (nSPS) is 55.9. The van der Waals surface area contributed by atoms with Crippen molar-refractivity contribution in [1.29, 1.82) is 0 Å². The quantitative estimate of drug-likeness (QED) is 0.729. The summed E-state index contributed by atoms with van der Waals surface area (Å²) in [7, 11) is 0. The molecule has 2 nitrogen and oxygen atoms in total. The minimum Gasteiger partial charge on any atom is -0.254 e. The van der Waals surface area contributed by atoms with Crippen LogP contribution in [0.15, 0.2) is 0 Å². The van der Waals surface area contributed by atoms with Gasteiger partial charge in [0, 0.05) is 12.1 Å². The highest BCUT2D eigenvalue weighted by molar-refractivity contribution is 5.18. The Balaban J connectivity index is 1.65. The van der Waals surface area contributed by atoms with Crippen molar-refractivity contribution in [2.75, 3.05) is 0 Å². The van der Waals surface area contributed by atoms with E-state index in [0.717, 1.165) is 29.8 Å². The van der Waals surface area contributed by atoms with Gasteiger partial charge in [-0.3, -0.25) is 10.9 Å². The lowest BCUT2D eigenvalue weighted by Crippen LogP contribution is -2.59. The number of hydrazine groups is 1. The maximum atomic E-state index is 3.71. The van der Waals surface area contributed by atoms with Crippen LogP contribution < -0.4 is 10.9 Å². The molecule has 4 fully saturated rings. The Morgan fingerprint density at radius 2 is 1.71 bits per heavy atom. The maximum Gasteiger partial charge on any atom is 0.0280 e. The third kappa shape index (κ3) is 1.19. The predicted molar refractivity (Wildman–Crippen MR) is 69.3 cm³/mol. The van der Waals surface area contributed by atoms with Gasteiger partial charge in [-0.05, 0) is 60.7 Å². The fraction of sp³-hybridized carbons (Fsp3) is 1.00. The van der Waals surface area contributed by atoms with E-state index in [-0.39, 0.29) is 0 Å². The van der Waals surface area contributed by atoms with Crippen molar-refractivity contribution in [1.82, 2.24) is 10.9 Å². The van der Waals surface area contributed by atoms with Gasteiger partial charge in [-0.2, -0.15) is 0 Å². The molecule has 0 aromatic heterocycles. The van der Waals surface area contributed by atoms with Crippen LogP contribution in [0.2, 0.25) is 0 Å². The minimum atomic E-state index is 0.537. The fourth-order valence-corrected chi connectivity index (χ4v) is 5.48. The van der Waals surface area contributed by atoms with Gasteiger partial charge in [0.25, 0.3) is 0 Å². The fourth-order valence-electron chi connectivity index (χ4n) is 5.48. The van der Waals surface area contributed by atoms with Crippen molar-refractivity contribution in [3.63, 3.8) is 0 Å². The van der Waals surface area contributed by atoms with Crippen LogP contribution >= 0.6 is 0 Å². The zero-order chi connectivity index (χ0) is 11.8. The van der Waals surface area contributed by atoms with Gasteiger partial charge in [-0.1, -0.05) is 20.8 Å². The van der Waals surface area contributed by atoms with Crippen molar-refractivity contribution in [2.45, 2.75) is 65.0 Å². The zero-order valence-electron chi connectivity index (χ0n) is 11.4. The Labute approximate surface area is 105 Å². The Morgan fingerprint density at radius 3 is 2.41 bits per heavy atom. The number of fused-ring (bicyclic) bond motifs is 5. The zero-order valence-corrected chi connectivity index (χ0v) is 11.4. The first-order chi connectivity index (χ1) is 8.04. The predicted octanol–water partition coefficient (Wildman–Crippen LogP) is 2.70. The molecule has 3 unspecified atom stereocenters. The van der Waals surface area contributed by atoms with Gasteiger partial charge in [0.2, 0.25) is 0 Å². The number of rotatable bonds is 1. The number of nitrogens with one attached hydrogen (secondary N) is 2. The Morgan fingerprint density at radius 1 is 0.941 bits per heavy atom. The molecule has 2 bridgehead atoms. The lowest BCUT2D eigenvalue weighted by molar-refractivity contribution is 0.0584. The molecule has 4 rings (SSSR count). The van der Waals surface area contributed by atoms with E-state index < -0.39 is 0 Å². The van der Waals surface area contributed by atoms with Gasteiger partial charge in [-0.15, -0.1) is 0 Å². The summed E-state index contributed by atoms with van der Waals surface area (Å²) in [6, 6.07) is 1.52. The SMILES string of the molecule is CC1(C)[C@H]2CC[C@@]1(C)C1CC(C3CC3)NNC12. The Kier molecular flexibility index (Phi) is 1.96. The van der Waals surface area contributed by atoms with Gasteiger partial charge in [0.05, 0.1) is 0 Å². The van der Waals surface area contributed by atoms with E-state index in [9.17, 15) is 0 Å². The first-order valence-corrected chi connectivity index (χ1v) is 7.55. The molecule has 4 aliphatic rings. The molecule has 1 saturated heterocycles. The summed E-state index contributed by atoms with van der Waals surface area (Å²) >= 11 is 0. The molecule has 96 valence electrons. The largest absolute Gasteiger partial charge is 0.254 e. The summed E-state index contributed by atoms with van der Waals surface area (Å²) in [4.78, 5) is 0. The average molecular weight is 234 g/mol. The lowest BCUT2D eigenvalue weighted by Gasteiger charge is -2.45. The van der Waals surface area contributed by atoms with Crippen LogP contribution in [0.1, 0.15) is 52.9 Å². The van der Waals surface area contributed by atoms with E-state index in [1.54, 1.807) is 0 Å². The van der Waals surface area contributed by atoms with Crippen molar-refractivity contribution < 1.29 is 0 Å². The second kappa shape index (κ2) is 3.08. The number of hydrogen-bond donors (Lipinski definition) is 2. The monoisotopic (exact) mass is 234 g/mol. The van der Waals surface area contributed by atoms with Crippen LogP contribution in [-0.2, 0) is 0 Å². The molecule has 3 saturated carbocycles. The summed E-state index contributed by atoms with van der Waals surface area (Å²) in [5.41, 5.74) is 8.48. The van der Waals surface area contributed by atoms with E-state index in [0.29, 0.717) is 10.8 Å². The van der Waals surface area contributed by atoms with Crippen molar-refractivity contribution >= 4 is 0 Å². The molecule has 0 radical (unpaired) electrons. The Hall–Kier alpha value is -0.0800. The molecule has 0 aromatic rings. The lowest BCUT2D eigenvalue weighted by atomic mass is 9.64. The molecule has 3 aliphatic carbocycles. The van der Waals surface area contributed by atoms with Crippen LogP contribution in [0.4, 0.5) is 0 Å². The number of hydrogen-bond acceptors (Lipinski definition) is 2. The maximum absolute atomic E-state index is 3.71. The van der Waals surface area contributed by atoms with Gasteiger partial charge in [0.15, 0.2) is 0 Å². The molecule has 0 aromatic carbocycles. The van der Waals surface area contributed by atoms with E-state index in [2.05, 4.69) is 31.6 Å². The van der Waals surface area contributed by atoms with Crippen LogP contribution in [0, 0.1) is 28.6 Å². The average Bonchev–Trinajstić information content (AvgIpc) is 3.07. The van der Waals surface area contributed by atoms with Crippen LogP contribution in [0.3, 0.4) is 0 Å². The smallest absolute Gasteiger partial charge is 0.0280 e. The highest BCUT2D eigenvalue weighted by atomic mass is 15.4. The van der Waals surface area contributed by atoms with Crippen molar-refractivity contribution in [2.24, 2.45) is 28.6 Å². The van der Waals surface area contributed by atoms with E-state index in [1.807, 2.05) is 0 Å². The van der Waals surface area contributed by atoms with Crippen molar-refractivity contribution in [3.05, 3.63) is 0 Å². The van der Waals surface area contributed by atoms with Crippen LogP contribution in [0.25, 0.3) is 0 Å². The molecule has 2 N–H and O–H groups in total. The molecule has 2 heteroatoms. The summed E-state index contributed by atoms with van der Waals surface area (Å²) in [5, 5.41) is 0. The van der Waals surface area contributed by atoms with Gasteiger partial charge in [0.1, 0.15) is 0 Å². The van der Waals surface area contributed by atoms with Gasteiger partial charge in [-0.25, -0.2) is 0 Å². The summed E-state index contributed by atoms with van der Waals surface area (Å²) in [5.74, 6) is 2.79. The van der Waals surface area contributed by atoms with Crippen LogP contribution in [0.5, 0.6) is 0 Å². The van der Waals surface area contributed by atoms with E-state index in [4.69, 9.17) is 0 Å². The summed E-state index contributed by atoms with van der Waals surface area (Å²) in [6.45, 7) is 7.63. The molecule has 1 heterocycles. The second-order valence-corrected chi connectivity index (χ2v) is 7.88. The summed E-state index contributed by atoms with van der Waals surface area (Å²) < 4.78 is 0. The molecular weight excluding hydrogens is 208 g/mol. The minimum absolute atomic E-state index is 0.537. The van der Waals surface area contributed by atoms with Gasteiger partial charge >= 0.3 is 0 Å². The first kappa shape index (κ1) is 10.8. The third-order valence-corrected chi connectivity index (χ3v) is 7.19. The first-order valence-electron chi connectivity index (χ1n) is 7.55. The Bertz CT molecular complexity index is 347. The highest BCUT2D eigenvalue weighted by Gasteiger charge is 2.67. The molecule has 1 aliphatic heterocycles. The highest BCUT2D eigenvalue weighted by Crippen LogP contribution is 2.69. The topological polar surface area (TPSA) is 24.1 Å². The molecule has 0 spiro atoms. The van der Waals surface area contributed by atoms with E-state index >= 15 is 0 Å². The third-order valence-electron chi connectivity index (χ3n) is 7.19. The molecule has 5 atom stereocenters. The van der Waals surface area contributed by atoms with Crippen molar-refractivity contribution in [3.8, 4) is 0 Å². The molecular formula is C15H26N2. The summed E-state index contributed by atoms with van der Waals surface area (Å²) in [6.07, 6.45) is 7.25. The second-order valence-electron chi connectivity index (χ2n) is 7.88. The standard InChI is InChI=1S/C15H26N2/c1-14(2)10-6-7-15(14,3)11-8-12(9-4-5-9)16-17-13(10)11/h9-13,16-17H,4-8H2,1-3H3/t10-,11?,12?,13?,15-/m0/s1. The molecule has 17 heavy (non-hydrogen) atoms. The van der Waals surface area contributed by atoms with Crippen LogP contribution in [-0.4, -0.2) is 12.1 Å². The molecule has 0 amide bonds. The van der Waals surface area contributed by atoms with Gasteiger partial charge < -0.3 is 0 Å².